The Balaban J connectivity index is -0.0000000337. The standard InChI is InChI=1S/2C16H15NO2.2C6H13NO2.6C3H7NO.C2H5NO.3C2H6.5CH5N.10CH4.3Mn/c2*1-17-16(18)19-10-15-13-8-4-2-6-11(13)12-7-3-5-9-14(12)15;2*1-6(2,3)9-5(8)7-4;6*1-3(5)4-2;1-2(3)4;8*1-2;;;;;;;;;;;;;/h2*2-9,15H,10H2,1H3,(H,17,18);2*1-4H3,(H,7,8);6*1-2H3,(H,4,5);1H3,(H2,3,4);3*1-2H3;5*2H2,1H3;10*1H4;;;/p+2. The summed E-state index contributed by atoms with van der Waals surface area (Å²) in [5, 5.41) is 24.0. The van der Waals surface area contributed by atoms with Crippen LogP contribution in [0.1, 0.15) is 240 Å². The molecule has 6 rings (SSSR count). The molecule has 4 aromatic rings. The molecule has 24 N–H and O–H groups in total. The molecule has 4 aromatic carbocycles. The maximum Gasteiger partial charge on any atom is 0.407 e. The Hall–Kier alpha value is -8.39. The first-order chi connectivity index (χ1) is 49.9. The van der Waals surface area contributed by atoms with Crippen LogP contribution in [-0.4, -0.2) is 196 Å². The van der Waals surface area contributed by atoms with Gasteiger partial charge in [-0.2, -0.15) is 0 Å². The van der Waals surface area contributed by atoms with Crippen LogP contribution in [0.15, 0.2) is 97.1 Å². The molecule has 0 spiro atoms. The largest absolute Gasteiger partial charge is 0.449 e. The SMILES string of the molecule is C.C.C.C.C.C.C.C.C.C.CC.CC.CC.CC(N)=O.CN.CN.CN.CNC(=O)OC(C)(C)C.CNC(=O)OC(C)(C)C.CNC(=O)OCC1c2ccccc2-c2ccccc21.CNC(=O)OCC1c2ccccc2-c2ccccc21.CNC(C)=O.CNC(C)=O.CNC(C)=O.CNC(C)=O.CNC(C)=O.CNC(C)=O.C[NH3+].C[NH3+].[Mn].[Mn].[Mn]. The number of quaternary nitrogens is 2. The number of benzene rings is 4. The van der Waals surface area contributed by atoms with E-state index in [0.717, 1.165) is 0 Å². The maximum atomic E-state index is 11.3. The molecule has 31 nitrogen and oxygen atoms in total. The molecule has 0 saturated carbocycles. The fourth-order valence-electron chi connectivity index (χ4n) is 6.00. The van der Waals surface area contributed by atoms with Crippen LogP contribution in [-0.2, 0) is 104 Å². The van der Waals surface area contributed by atoms with Crippen LogP contribution >= 0.6 is 0 Å². The molecule has 2 aliphatic rings. The molecule has 3 radical (unpaired) electrons. The third kappa shape index (κ3) is 128. The number of nitrogens with one attached hydrogen (secondary N) is 10. The van der Waals surface area contributed by atoms with Crippen LogP contribution in [0.4, 0.5) is 19.2 Å². The van der Waals surface area contributed by atoms with Gasteiger partial charge < -0.3 is 107 Å². The summed E-state index contributed by atoms with van der Waals surface area (Å²) < 4.78 is 20.2. The van der Waals surface area contributed by atoms with E-state index in [2.05, 4.69) is 136 Å². The molecule has 0 bridgehead atoms. The molecule has 0 aromatic heterocycles. The molecule has 34 heteroatoms. The van der Waals surface area contributed by atoms with Gasteiger partial charge in [0.15, 0.2) is 0 Å². The third-order valence-corrected chi connectivity index (χ3v) is 10.4. The van der Waals surface area contributed by atoms with E-state index in [0.29, 0.717) is 13.2 Å². The van der Waals surface area contributed by atoms with E-state index in [4.69, 9.17) is 18.9 Å². The minimum absolute atomic E-state index is 0. The monoisotopic (exact) mass is 1840 g/mol. The van der Waals surface area contributed by atoms with Crippen molar-refractivity contribution < 1.29 is 134 Å². The van der Waals surface area contributed by atoms with Gasteiger partial charge in [0.05, 0.1) is 14.1 Å². The Morgan fingerprint density at radius 1 is 0.294 bits per heavy atom. The average Bonchev–Trinajstić information content (AvgIpc) is 1.63. The van der Waals surface area contributed by atoms with Crippen LogP contribution in [0, 0.1) is 0 Å². The quantitative estimate of drug-likeness (QED) is 0.0666. The Morgan fingerprint density at radius 2 is 0.412 bits per heavy atom. The molecule has 0 fully saturated rings. The molecule has 0 unspecified atom stereocenters. The predicted molar refractivity (Wildman–Crippen MR) is 501 cm³/mol. The van der Waals surface area contributed by atoms with Crippen molar-refractivity contribution in [2.24, 2.45) is 22.9 Å². The fourth-order valence-corrected chi connectivity index (χ4v) is 6.00. The minimum atomic E-state index is -0.389. The zero-order valence-electron chi connectivity index (χ0n) is 72.3. The molecule has 0 heterocycles. The van der Waals surface area contributed by atoms with E-state index < -0.39 is 0 Å². The van der Waals surface area contributed by atoms with Crippen molar-refractivity contribution in [1.29, 1.82) is 0 Å². The van der Waals surface area contributed by atoms with Crippen LogP contribution < -0.4 is 87.6 Å². The molecular weight excluding hydrogens is 1650 g/mol. The molecule has 0 atom stereocenters. The summed E-state index contributed by atoms with van der Waals surface area (Å²) >= 11 is 0. The smallest absolute Gasteiger partial charge is 0.407 e. The van der Waals surface area contributed by atoms with Gasteiger partial charge in [-0.05, 0) is 107 Å². The Bertz CT molecular complexity index is 2500. The van der Waals surface area contributed by atoms with Crippen molar-refractivity contribution >= 4 is 65.7 Å². The van der Waals surface area contributed by atoms with E-state index in [-0.39, 0.29) is 214 Å². The number of hydrogen-bond acceptors (Lipinski definition) is 18. The van der Waals surface area contributed by atoms with Gasteiger partial charge in [-0.15, -0.1) is 0 Å². The number of carbonyl (C=O) groups is 11. The van der Waals surface area contributed by atoms with Gasteiger partial charge >= 0.3 is 24.4 Å². The summed E-state index contributed by atoms with van der Waals surface area (Å²) in [6.07, 6.45) is -1.55. The number of hydrogen-bond donors (Lipinski definition) is 16. The van der Waals surface area contributed by atoms with Gasteiger partial charge in [0.2, 0.25) is 41.4 Å². The summed E-state index contributed by atoms with van der Waals surface area (Å²) in [7, 11) is 23.8. The molecule has 119 heavy (non-hydrogen) atoms. The normalized spacial score (nSPS) is 7.99. The van der Waals surface area contributed by atoms with Gasteiger partial charge in [-0.1, -0.05) is 213 Å². The predicted octanol–water partition coefficient (Wildman–Crippen LogP) is 12.5. The second kappa shape index (κ2) is 133. The number of nitrogens with two attached hydrogens (primary N) is 4. The molecular formula is C85H188Mn3N16O15+2. The zero-order chi connectivity index (χ0) is 86.8. The second-order valence-electron chi connectivity index (χ2n) is 20.1. The van der Waals surface area contributed by atoms with Crippen LogP contribution in [0.25, 0.3) is 22.3 Å². The second-order valence-corrected chi connectivity index (χ2v) is 20.1. The summed E-state index contributed by atoms with van der Waals surface area (Å²) in [4.78, 5) is 111. The molecule has 0 aliphatic heterocycles. The van der Waals surface area contributed by atoms with Crippen molar-refractivity contribution in [3.63, 3.8) is 0 Å². The van der Waals surface area contributed by atoms with E-state index >= 15 is 0 Å². The Morgan fingerprint density at radius 3 is 0.504 bits per heavy atom. The Labute approximate surface area is 761 Å². The maximum absolute atomic E-state index is 11.3. The van der Waals surface area contributed by atoms with Gasteiger partial charge in [-0.25, -0.2) is 19.2 Å². The van der Waals surface area contributed by atoms with E-state index in [9.17, 15) is 52.7 Å². The minimum Gasteiger partial charge on any atom is -0.449 e. The summed E-state index contributed by atoms with van der Waals surface area (Å²) in [6.45, 7) is 33.8. The molecule has 11 amide bonds. The van der Waals surface area contributed by atoms with Crippen molar-refractivity contribution in [3.05, 3.63) is 119 Å². The number of ether oxygens (including phenoxy) is 4. The van der Waals surface area contributed by atoms with Crippen molar-refractivity contribution in [2.75, 3.05) is 119 Å². The first kappa shape index (κ1) is 186. The molecule has 717 valence electrons. The topological polar surface area (TPSA) is 504 Å². The summed E-state index contributed by atoms with van der Waals surface area (Å²) in [5.41, 5.74) is 33.6. The third-order valence-electron chi connectivity index (χ3n) is 10.4. The molecule has 0 saturated heterocycles. The number of fused-ring (bicyclic) bond motifs is 6. The number of carbonyl (C=O) groups excluding carboxylic acids is 11. The number of rotatable bonds is 4. The first-order valence-electron chi connectivity index (χ1n) is 34.3. The van der Waals surface area contributed by atoms with E-state index in [1.165, 1.54) is 128 Å². The van der Waals surface area contributed by atoms with Crippen molar-refractivity contribution in [3.8, 4) is 22.3 Å². The fraction of sp³-hybridized carbons (Fsp3) is 0.588. The van der Waals surface area contributed by atoms with Crippen LogP contribution in [0.2, 0.25) is 0 Å². The van der Waals surface area contributed by atoms with Gasteiger partial charge in [0.25, 0.3) is 0 Å². The molecule has 2 aliphatic carbocycles. The van der Waals surface area contributed by atoms with Gasteiger partial charge in [0.1, 0.15) is 24.4 Å². The van der Waals surface area contributed by atoms with Gasteiger partial charge in [0, 0.05) is 182 Å². The van der Waals surface area contributed by atoms with Crippen LogP contribution in [0.5, 0.6) is 0 Å². The van der Waals surface area contributed by atoms with Gasteiger partial charge in [-0.3, -0.25) is 33.6 Å². The van der Waals surface area contributed by atoms with E-state index in [1.54, 1.807) is 70.5 Å². The van der Waals surface area contributed by atoms with Crippen molar-refractivity contribution in [2.45, 2.75) is 229 Å². The van der Waals surface area contributed by atoms with E-state index in [1.807, 2.05) is 132 Å². The van der Waals surface area contributed by atoms with Crippen LogP contribution in [0.3, 0.4) is 0 Å². The Kier molecular flexibility index (Phi) is 207. The average molecular weight is 1840 g/mol. The summed E-state index contributed by atoms with van der Waals surface area (Å²) in [6, 6.07) is 33.2. The van der Waals surface area contributed by atoms with Crippen molar-refractivity contribution in [1.82, 2.24) is 53.2 Å². The zero-order valence-corrected chi connectivity index (χ0v) is 75.8. The summed E-state index contributed by atoms with van der Waals surface area (Å²) in [5.74, 6) is -0.0469. The first-order valence-corrected chi connectivity index (χ1v) is 34.3. The number of alkyl carbamates (subject to hydrolysis) is 4. The number of amides is 11. The number of primary amides is 1.